The van der Waals surface area contributed by atoms with Gasteiger partial charge < -0.3 is 14.7 Å². The standard InChI is InChI=1S/C20H23ClN2O5S/c1-3-28-15-9-13(8-14(21)18(15)25)10-16-19(26)23(20(27)29-16)11-17(24)22-7-5-4-6-12(22)2/h8-10,12,25H,3-7,11H2,1-2H3/b16-10-/t12-/m1/s1. The van der Waals surface area contributed by atoms with Gasteiger partial charge in [0.25, 0.3) is 11.1 Å². The van der Waals surface area contributed by atoms with Crippen molar-refractivity contribution in [3.8, 4) is 11.5 Å². The molecule has 0 radical (unpaired) electrons. The van der Waals surface area contributed by atoms with E-state index in [9.17, 15) is 19.5 Å². The van der Waals surface area contributed by atoms with Crippen molar-refractivity contribution in [2.24, 2.45) is 0 Å². The van der Waals surface area contributed by atoms with Crippen molar-refractivity contribution in [2.45, 2.75) is 39.2 Å². The number of nitrogens with zero attached hydrogens (tertiary/aromatic N) is 2. The number of hydrogen-bond donors (Lipinski definition) is 1. The molecular weight excluding hydrogens is 416 g/mol. The molecule has 0 bridgehead atoms. The topological polar surface area (TPSA) is 87.2 Å². The van der Waals surface area contributed by atoms with Crippen LogP contribution in [0.2, 0.25) is 5.02 Å². The number of phenols is 1. The number of halogens is 1. The van der Waals surface area contributed by atoms with Gasteiger partial charge in [0.15, 0.2) is 11.5 Å². The van der Waals surface area contributed by atoms with Crippen LogP contribution in [0.15, 0.2) is 17.0 Å². The molecular formula is C20H23ClN2O5S. The average molecular weight is 439 g/mol. The number of thioether (sulfide) groups is 1. The Labute approximate surface area is 178 Å². The first-order chi connectivity index (χ1) is 13.8. The zero-order valence-electron chi connectivity index (χ0n) is 16.3. The van der Waals surface area contributed by atoms with Gasteiger partial charge in [-0.25, -0.2) is 0 Å². The second kappa shape index (κ2) is 9.09. The molecule has 2 aliphatic heterocycles. The van der Waals surface area contributed by atoms with E-state index in [2.05, 4.69) is 0 Å². The molecule has 0 aromatic heterocycles. The van der Waals surface area contributed by atoms with Crippen molar-refractivity contribution in [1.82, 2.24) is 9.80 Å². The van der Waals surface area contributed by atoms with Crippen molar-refractivity contribution in [3.05, 3.63) is 27.6 Å². The van der Waals surface area contributed by atoms with E-state index in [1.165, 1.54) is 12.1 Å². The number of hydrogen-bond acceptors (Lipinski definition) is 6. The highest BCUT2D eigenvalue weighted by atomic mass is 35.5. The molecule has 9 heteroatoms. The molecule has 1 aromatic carbocycles. The number of rotatable bonds is 5. The molecule has 3 amide bonds. The molecule has 0 spiro atoms. The maximum absolute atomic E-state index is 12.7. The van der Waals surface area contributed by atoms with Crippen molar-refractivity contribution in [2.75, 3.05) is 19.7 Å². The van der Waals surface area contributed by atoms with Gasteiger partial charge in [-0.15, -0.1) is 0 Å². The number of aromatic hydroxyl groups is 1. The van der Waals surface area contributed by atoms with E-state index in [1.54, 1.807) is 17.9 Å². The lowest BCUT2D eigenvalue weighted by atomic mass is 10.0. The number of likely N-dealkylation sites (tertiary alicyclic amines) is 1. The maximum atomic E-state index is 12.7. The molecule has 156 valence electrons. The summed E-state index contributed by atoms with van der Waals surface area (Å²) in [5.41, 5.74) is 0.512. The minimum Gasteiger partial charge on any atom is -0.503 e. The molecule has 1 atom stereocenters. The fourth-order valence-corrected chi connectivity index (χ4v) is 4.48. The second-order valence-corrected chi connectivity index (χ2v) is 8.38. The van der Waals surface area contributed by atoms with E-state index in [-0.39, 0.29) is 39.9 Å². The van der Waals surface area contributed by atoms with E-state index in [0.717, 1.165) is 35.9 Å². The van der Waals surface area contributed by atoms with Crippen LogP contribution in [-0.2, 0) is 9.59 Å². The number of ether oxygens (including phenoxy) is 1. The molecule has 0 saturated carbocycles. The maximum Gasteiger partial charge on any atom is 0.294 e. The van der Waals surface area contributed by atoms with E-state index < -0.39 is 11.1 Å². The van der Waals surface area contributed by atoms with Crippen LogP contribution in [0.25, 0.3) is 6.08 Å². The molecule has 1 N–H and O–H groups in total. The molecule has 0 unspecified atom stereocenters. The minimum absolute atomic E-state index is 0.0793. The molecule has 0 aliphatic carbocycles. The van der Waals surface area contributed by atoms with Gasteiger partial charge in [-0.2, -0.15) is 0 Å². The Bertz CT molecular complexity index is 873. The second-order valence-electron chi connectivity index (χ2n) is 6.98. The van der Waals surface area contributed by atoms with Gasteiger partial charge in [0, 0.05) is 12.6 Å². The molecule has 1 aromatic rings. The largest absolute Gasteiger partial charge is 0.503 e. The summed E-state index contributed by atoms with van der Waals surface area (Å²) in [4.78, 5) is 40.6. The van der Waals surface area contributed by atoms with Crippen molar-refractivity contribution < 1.29 is 24.2 Å². The Morgan fingerprint density at radius 1 is 1.38 bits per heavy atom. The van der Waals surface area contributed by atoms with Crippen LogP contribution in [0.4, 0.5) is 4.79 Å². The number of carbonyl (C=O) groups excluding carboxylic acids is 3. The first kappa shape index (κ1) is 21.5. The molecule has 7 nitrogen and oxygen atoms in total. The summed E-state index contributed by atoms with van der Waals surface area (Å²) in [7, 11) is 0. The Balaban J connectivity index is 1.77. The van der Waals surface area contributed by atoms with E-state index in [1.807, 2.05) is 6.92 Å². The number of imide groups is 1. The molecule has 29 heavy (non-hydrogen) atoms. The van der Waals surface area contributed by atoms with Crippen molar-refractivity contribution in [3.63, 3.8) is 0 Å². The third-order valence-corrected chi connectivity index (χ3v) is 6.13. The summed E-state index contributed by atoms with van der Waals surface area (Å²) in [6.45, 7) is 4.48. The van der Waals surface area contributed by atoms with Crippen LogP contribution in [-0.4, -0.2) is 57.7 Å². The van der Waals surface area contributed by atoms with Crippen LogP contribution < -0.4 is 4.74 Å². The molecule has 2 fully saturated rings. The van der Waals surface area contributed by atoms with Crippen LogP contribution in [0.3, 0.4) is 0 Å². The highest BCUT2D eigenvalue weighted by molar-refractivity contribution is 8.18. The fraction of sp³-hybridized carbons (Fsp3) is 0.450. The van der Waals surface area contributed by atoms with Gasteiger partial charge >= 0.3 is 0 Å². The third kappa shape index (κ3) is 4.70. The lowest BCUT2D eigenvalue weighted by molar-refractivity contribution is -0.138. The highest BCUT2D eigenvalue weighted by Crippen LogP contribution is 2.38. The SMILES string of the molecule is CCOc1cc(/C=C2\SC(=O)N(CC(=O)N3CCCC[C@H]3C)C2=O)cc(Cl)c1O. The number of phenolic OH excluding ortho intramolecular Hbond substituents is 1. The van der Waals surface area contributed by atoms with Gasteiger partial charge in [-0.05, 0) is 68.6 Å². The van der Waals surface area contributed by atoms with E-state index >= 15 is 0 Å². The Morgan fingerprint density at radius 2 is 2.14 bits per heavy atom. The highest BCUT2D eigenvalue weighted by Gasteiger charge is 2.38. The monoisotopic (exact) mass is 438 g/mol. The van der Waals surface area contributed by atoms with Crippen LogP contribution in [0.1, 0.15) is 38.7 Å². The van der Waals surface area contributed by atoms with Crippen LogP contribution in [0.5, 0.6) is 11.5 Å². The minimum atomic E-state index is -0.514. The molecule has 2 heterocycles. The van der Waals surface area contributed by atoms with Gasteiger partial charge in [0.2, 0.25) is 5.91 Å². The number of piperidine rings is 1. The summed E-state index contributed by atoms with van der Waals surface area (Å²) in [5.74, 6) is -0.716. The first-order valence-corrected chi connectivity index (χ1v) is 10.7. The summed E-state index contributed by atoms with van der Waals surface area (Å²) in [6.07, 6.45) is 4.44. The number of amides is 3. The zero-order valence-corrected chi connectivity index (χ0v) is 17.9. The quantitative estimate of drug-likeness (QED) is 0.702. The molecule has 2 saturated heterocycles. The first-order valence-electron chi connectivity index (χ1n) is 9.52. The predicted molar refractivity (Wildman–Crippen MR) is 112 cm³/mol. The van der Waals surface area contributed by atoms with Crippen molar-refractivity contribution >= 4 is 46.5 Å². The van der Waals surface area contributed by atoms with Gasteiger partial charge in [-0.1, -0.05) is 11.6 Å². The Kier molecular flexibility index (Phi) is 6.74. The third-order valence-electron chi connectivity index (χ3n) is 4.94. The zero-order chi connectivity index (χ0) is 21.1. The lowest BCUT2D eigenvalue weighted by Gasteiger charge is -2.34. The number of carbonyl (C=O) groups is 3. The molecule has 2 aliphatic rings. The summed E-state index contributed by atoms with van der Waals surface area (Å²) in [5, 5.41) is 9.54. The van der Waals surface area contributed by atoms with Gasteiger partial charge in [-0.3, -0.25) is 19.3 Å². The normalized spacial score (nSPS) is 21.2. The van der Waals surface area contributed by atoms with Crippen molar-refractivity contribution in [1.29, 1.82) is 0 Å². The Hall–Kier alpha value is -2.19. The van der Waals surface area contributed by atoms with Crippen LogP contribution in [0, 0.1) is 0 Å². The number of benzene rings is 1. The smallest absolute Gasteiger partial charge is 0.294 e. The van der Waals surface area contributed by atoms with E-state index in [0.29, 0.717) is 18.7 Å². The summed E-state index contributed by atoms with van der Waals surface area (Å²) in [6, 6.07) is 3.13. The predicted octanol–water partition coefficient (Wildman–Crippen LogP) is 3.88. The van der Waals surface area contributed by atoms with Gasteiger partial charge in [0.1, 0.15) is 6.54 Å². The summed E-state index contributed by atoms with van der Waals surface area (Å²) >= 11 is 6.80. The average Bonchev–Trinajstić information content (AvgIpc) is 2.93. The van der Waals surface area contributed by atoms with Gasteiger partial charge in [0.05, 0.1) is 16.5 Å². The molecule has 3 rings (SSSR count). The Morgan fingerprint density at radius 3 is 2.83 bits per heavy atom. The lowest BCUT2D eigenvalue weighted by Crippen LogP contribution is -2.47. The van der Waals surface area contributed by atoms with E-state index in [4.69, 9.17) is 16.3 Å². The fourth-order valence-electron chi connectivity index (χ4n) is 3.43. The van der Waals surface area contributed by atoms with Crippen LogP contribution >= 0.6 is 23.4 Å². The summed E-state index contributed by atoms with van der Waals surface area (Å²) < 4.78 is 5.34.